The van der Waals surface area contributed by atoms with Gasteiger partial charge in [-0.05, 0) is 55.8 Å². The Hall–Kier alpha value is -3.85. The molecule has 1 aromatic carbocycles. The molecule has 1 aliphatic heterocycles. The Bertz CT molecular complexity index is 1340. The SMILES string of the molecule is O=c1cc(Oc2cncc(-c3ccc(F)c(F)c3)c2)ccn1-c1cnn(C2CCNCC2)c1. The van der Waals surface area contributed by atoms with E-state index in [-0.39, 0.29) is 5.56 Å². The molecule has 4 heterocycles. The standard InChI is InChI=1S/C24H21F2N5O2/c25-22-2-1-16(10-23(22)26)17-9-21(14-28-12-17)33-20-5-8-30(24(32)11-20)19-13-29-31(15-19)18-3-6-27-7-4-18/h1-2,5,8-15,18,27H,3-4,6-7H2. The lowest BCUT2D eigenvalue weighted by Gasteiger charge is -2.22. The highest BCUT2D eigenvalue weighted by molar-refractivity contribution is 5.64. The van der Waals surface area contributed by atoms with Gasteiger partial charge in [0.25, 0.3) is 5.56 Å². The lowest BCUT2D eigenvalue weighted by molar-refractivity contribution is 0.343. The molecule has 9 heteroatoms. The first-order chi connectivity index (χ1) is 16.1. The van der Waals surface area contributed by atoms with E-state index in [1.54, 1.807) is 24.5 Å². The van der Waals surface area contributed by atoms with Gasteiger partial charge in [-0.15, -0.1) is 0 Å². The molecular weight excluding hydrogens is 428 g/mol. The molecule has 1 saturated heterocycles. The topological polar surface area (TPSA) is 74.0 Å². The lowest BCUT2D eigenvalue weighted by Crippen LogP contribution is -2.29. The summed E-state index contributed by atoms with van der Waals surface area (Å²) in [5, 5.41) is 7.77. The third kappa shape index (κ3) is 4.54. The van der Waals surface area contributed by atoms with Crippen LogP contribution in [0.2, 0.25) is 0 Å². The maximum atomic E-state index is 13.6. The fraction of sp³-hybridized carbons (Fsp3) is 0.208. The number of benzene rings is 1. The molecule has 0 unspecified atom stereocenters. The Morgan fingerprint density at radius 2 is 1.79 bits per heavy atom. The van der Waals surface area contributed by atoms with Crippen LogP contribution in [0, 0.1) is 11.6 Å². The number of pyridine rings is 2. The third-order valence-corrected chi connectivity index (χ3v) is 5.64. The van der Waals surface area contributed by atoms with Crippen molar-refractivity contribution in [1.29, 1.82) is 0 Å². The largest absolute Gasteiger partial charge is 0.455 e. The van der Waals surface area contributed by atoms with Gasteiger partial charge in [-0.2, -0.15) is 5.10 Å². The van der Waals surface area contributed by atoms with E-state index in [1.807, 2.05) is 10.9 Å². The maximum absolute atomic E-state index is 13.6. The number of nitrogens with zero attached hydrogens (tertiary/aromatic N) is 4. The van der Waals surface area contributed by atoms with Crippen molar-refractivity contribution in [1.82, 2.24) is 24.6 Å². The van der Waals surface area contributed by atoms with Crippen molar-refractivity contribution in [2.24, 2.45) is 0 Å². The van der Waals surface area contributed by atoms with Crippen LogP contribution in [-0.2, 0) is 0 Å². The van der Waals surface area contributed by atoms with Gasteiger partial charge in [-0.3, -0.25) is 19.0 Å². The highest BCUT2D eigenvalue weighted by Gasteiger charge is 2.16. The van der Waals surface area contributed by atoms with Crippen molar-refractivity contribution in [2.75, 3.05) is 13.1 Å². The number of hydrogen-bond acceptors (Lipinski definition) is 5. The van der Waals surface area contributed by atoms with E-state index in [0.29, 0.717) is 34.4 Å². The molecule has 1 fully saturated rings. The Morgan fingerprint density at radius 1 is 0.939 bits per heavy atom. The van der Waals surface area contributed by atoms with E-state index in [2.05, 4.69) is 15.4 Å². The summed E-state index contributed by atoms with van der Waals surface area (Å²) in [7, 11) is 0. The first kappa shape index (κ1) is 21.0. The second-order valence-corrected chi connectivity index (χ2v) is 7.87. The van der Waals surface area contributed by atoms with Gasteiger partial charge < -0.3 is 10.1 Å². The molecule has 0 aliphatic carbocycles. The summed E-state index contributed by atoms with van der Waals surface area (Å²) in [6, 6.07) is 8.65. The highest BCUT2D eigenvalue weighted by Crippen LogP contribution is 2.27. The number of nitrogens with one attached hydrogen (secondary N) is 1. The summed E-state index contributed by atoms with van der Waals surface area (Å²) in [4.78, 5) is 16.8. The number of ether oxygens (including phenoxy) is 1. The van der Waals surface area contributed by atoms with Crippen LogP contribution in [0.15, 0.2) is 72.2 Å². The first-order valence-corrected chi connectivity index (χ1v) is 10.6. The van der Waals surface area contributed by atoms with E-state index in [0.717, 1.165) is 38.1 Å². The van der Waals surface area contributed by atoms with E-state index in [9.17, 15) is 13.6 Å². The number of hydrogen-bond donors (Lipinski definition) is 1. The molecule has 168 valence electrons. The minimum absolute atomic E-state index is 0.262. The van der Waals surface area contributed by atoms with Gasteiger partial charge in [0.05, 0.1) is 24.1 Å². The summed E-state index contributed by atoms with van der Waals surface area (Å²) in [5.74, 6) is -1.15. The molecule has 1 aliphatic rings. The van der Waals surface area contributed by atoms with Crippen LogP contribution in [0.4, 0.5) is 8.78 Å². The first-order valence-electron chi connectivity index (χ1n) is 10.6. The molecule has 7 nitrogen and oxygen atoms in total. The number of piperidine rings is 1. The fourth-order valence-electron chi connectivity index (χ4n) is 3.91. The van der Waals surface area contributed by atoms with Crippen LogP contribution in [-0.4, -0.2) is 32.4 Å². The monoisotopic (exact) mass is 449 g/mol. The summed E-state index contributed by atoms with van der Waals surface area (Å²) in [6.07, 6.45) is 10.2. The van der Waals surface area contributed by atoms with Crippen LogP contribution in [0.25, 0.3) is 16.8 Å². The molecule has 1 N–H and O–H groups in total. The van der Waals surface area contributed by atoms with Crippen molar-refractivity contribution < 1.29 is 13.5 Å². The predicted octanol–water partition coefficient (Wildman–Crippen LogP) is 4.09. The quantitative estimate of drug-likeness (QED) is 0.497. The van der Waals surface area contributed by atoms with Crippen LogP contribution in [0.1, 0.15) is 18.9 Å². The second-order valence-electron chi connectivity index (χ2n) is 7.87. The summed E-state index contributed by atoms with van der Waals surface area (Å²) >= 11 is 0. The van der Waals surface area contributed by atoms with E-state index in [4.69, 9.17) is 4.74 Å². The number of aromatic nitrogens is 4. The molecule has 0 spiro atoms. The summed E-state index contributed by atoms with van der Waals surface area (Å²) < 4.78 is 36.0. The van der Waals surface area contributed by atoms with Crippen molar-refractivity contribution in [2.45, 2.75) is 18.9 Å². The molecule has 0 atom stereocenters. The van der Waals surface area contributed by atoms with Crippen molar-refractivity contribution in [3.8, 4) is 28.3 Å². The zero-order valence-electron chi connectivity index (χ0n) is 17.6. The zero-order chi connectivity index (χ0) is 22.8. The van der Waals surface area contributed by atoms with Crippen molar-refractivity contribution >= 4 is 0 Å². The van der Waals surface area contributed by atoms with E-state index < -0.39 is 11.6 Å². The minimum atomic E-state index is -0.939. The van der Waals surface area contributed by atoms with Crippen LogP contribution in [0.3, 0.4) is 0 Å². The molecule has 0 saturated carbocycles. The molecule has 0 radical (unpaired) electrons. The van der Waals surface area contributed by atoms with E-state index >= 15 is 0 Å². The van der Waals surface area contributed by atoms with Gasteiger partial charge in [-0.1, -0.05) is 6.07 Å². The van der Waals surface area contributed by atoms with Crippen molar-refractivity contribution in [3.05, 3.63) is 89.4 Å². The zero-order valence-corrected chi connectivity index (χ0v) is 17.6. The summed E-state index contributed by atoms with van der Waals surface area (Å²) in [5.41, 5.74) is 1.45. The normalized spacial score (nSPS) is 14.4. The second kappa shape index (κ2) is 8.95. The molecule has 0 bridgehead atoms. The Morgan fingerprint density at radius 3 is 2.58 bits per heavy atom. The molecular formula is C24H21F2N5O2. The lowest BCUT2D eigenvalue weighted by atomic mass is 10.1. The molecule has 4 aromatic rings. The smallest absolute Gasteiger partial charge is 0.258 e. The van der Waals surface area contributed by atoms with Gasteiger partial charge >= 0.3 is 0 Å². The maximum Gasteiger partial charge on any atom is 0.258 e. The Kier molecular flexibility index (Phi) is 5.70. The van der Waals surface area contributed by atoms with Gasteiger partial charge in [0, 0.05) is 30.2 Å². The predicted molar refractivity (Wildman–Crippen MR) is 119 cm³/mol. The summed E-state index contributed by atoms with van der Waals surface area (Å²) in [6.45, 7) is 1.91. The minimum Gasteiger partial charge on any atom is -0.455 e. The number of halogens is 2. The van der Waals surface area contributed by atoms with Gasteiger partial charge in [0.2, 0.25) is 0 Å². The van der Waals surface area contributed by atoms with E-state index in [1.165, 1.54) is 29.1 Å². The Balaban J connectivity index is 1.35. The fourth-order valence-corrected chi connectivity index (χ4v) is 3.91. The number of rotatable bonds is 5. The van der Waals surface area contributed by atoms with Crippen molar-refractivity contribution in [3.63, 3.8) is 0 Å². The van der Waals surface area contributed by atoms with Crippen LogP contribution < -0.4 is 15.6 Å². The highest BCUT2D eigenvalue weighted by atomic mass is 19.2. The van der Waals surface area contributed by atoms with Crippen LogP contribution in [0.5, 0.6) is 11.5 Å². The Labute approximate surface area is 188 Å². The van der Waals surface area contributed by atoms with Crippen LogP contribution >= 0.6 is 0 Å². The average molecular weight is 449 g/mol. The third-order valence-electron chi connectivity index (χ3n) is 5.64. The van der Waals surface area contributed by atoms with Gasteiger partial charge in [-0.25, -0.2) is 8.78 Å². The molecule has 3 aromatic heterocycles. The molecule has 0 amide bonds. The molecule has 33 heavy (non-hydrogen) atoms. The average Bonchev–Trinajstić information content (AvgIpc) is 3.32. The molecule has 5 rings (SSSR count). The van der Waals surface area contributed by atoms with Gasteiger partial charge in [0.15, 0.2) is 11.6 Å². The van der Waals surface area contributed by atoms with Gasteiger partial charge in [0.1, 0.15) is 11.5 Å².